The first-order chi connectivity index (χ1) is 6.90. The second-order valence-corrected chi connectivity index (χ2v) is 5.30. The lowest BCUT2D eigenvalue weighted by Gasteiger charge is -2.33. The molecule has 3 rings (SSSR count). The van der Waals surface area contributed by atoms with Gasteiger partial charge >= 0.3 is 0 Å². The minimum atomic E-state index is 0.788. The quantitative estimate of drug-likeness (QED) is 0.720. The van der Waals surface area contributed by atoms with Crippen molar-refractivity contribution in [2.75, 3.05) is 7.05 Å². The third-order valence-corrected chi connectivity index (χ3v) is 4.74. The van der Waals surface area contributed by atoms with Crippen LogP contribution in [0.15, 0.2) is 0 Å². The fraction of sp³-hybridized carbons (Fsp3) is 1.00. The summed E-state index contributed by atoms with van der Waals surface area (Å²) in [7, 11) is 2.14. The highest BCUT2D eigenvalue weighted by atomic mass is 15.3. The molecule has 14 heavy (non-hydrogen) atoms. The van der Waals surface area contributed by atoms with E-state index in [0.717, 1.165) is 24.2 Å². The third-order valence-electron chi connectivity index (χ3n) is 4.74. The van der Waals surface area contributed by atoms with E-state index in [0.29, 0.717) is 0 Å². The zero-order chi connectivity index (χ0) is 9.54. The summed E-state index contributed by atoms with van der Waals surface area (Å²) in [4.78, 5) is 2.88. The SMILES string of the molecule is CNC1CCCC1N1C2CCC1CC2. The Hall–Kier alpha value is -0.0800. The lowest BCUT2D eigenvalue weighted by Crippen LogP contribution is -2.47. The number of nitrogens with one attached hydrogen (secondary N) is 1. The highest BCUT2D eigenvalue weighted by Crippen LogP contribution is 2.42. The van der Waals surface area contributed by atoms with Gasteiger partial charge in [-0.15, -0.1) is 0 Å². The maximum absolute atomic E-state index is 3.52. The minimum absolute atomic E-state index is 0.788. The Morgan fingerprint density at radius 1 is 0.929 bits per heavy atom. The van der Waals surface area contributed by atoms with Gasteiger partial charge in [-0.3, -0.25) is 4.90 Å². The van der Waals surface area contributed by atoms with Gasteiger partial charge in [-0.05, 0) is 45.6 Å². The van der Waals surface area contributed by atoms with E-state index in [9.17, 15) is 0 Å². The Morgan fingerprint density at radius 3 is 2.14 bits per heavy atom. The molecule has 1 aliphatic carbocycles. The molecule has 2 heterocycles. The molecular weight excluding hydrogens is 172 g/mol. The fourth-order valence-corrected chi connectivity index (χ4v) is 4.13. The van der Waals surface area contributed by atoms with Crippen molar-refractivity contribution in [2.45, 2.75) is 69.1 Å². The summed E-state index contributed by atoms with van der Waals surface area (Å²) in [5.74, 6) is 0. The Balaban J connectivity index is 1.75. The standard InChI is InChI=1S/C12H22N2/c1-13-11-3-2-4-12(11)14-9-5-6-10(14)8-7-9/h9-13H,2-8H2,1H3. The third kappa shape index (κ3) is 1.24. The molecule has 0 spiro atoms. The monoisotopic (exact) mass is 194 g/mol. The van der Waals surface area contributed by atoms with E-state index in [1.807, 2.05) is 0 Å². The number of nitrogens with zero attached hydrogens (tertiary/aromatic N) is 1. The van der Waals surface area contributed by atoms with Crippen molar-refractivity contribution < 1.29 is 0 Å². The first-order valence-corrected chi connectivity index (χ1v) is 6.35. The van der Waals surface area contributed by atoms with Gasteiger partial charge in [0.05, 0.1) is 0 Å². The number of fused-ring (bicyclic) bond motifs is 2. The molecule has 2 aliphatic heterocycles. The molecular formula is C12H22N2. The molecule has 2 heteroatoms. The zero-order valence-electron chi connectivity index (χ0n) is 9.21. The number of hydrogen-bond acceptors (Lipinski definition) is 2. The van der Waals surface area contributed by atoms with E-state index in [1.54, 1.807) is 0 Å². The van der Waals surface area contributed by atoms with Crippen LogP contribution >= 0.6 is 0 Å². The van der Waals surface area contributed by atoms with Crippen molar-refractivity contribution in [3.63, 3.8) is 0 Å². The molecule has 3 aliphatic rings. The van der Waals surface area contributed by atoms with Gasteiger partial charge in [-0.25, -0.2) is 0 Å². The van der Waals surface area contributed by atoms with Crippen LogP contribution in [0.3, 0.4) is 0 Å². The summed E-state index contributed by atoms with van der Waals surface area (Å²) in [6.07, 6.45) is 10.2. The van der Waals surface area contributed by atoms with Gasteiger partial charge in [0.15, 0.2) is 0 Å². The first-order valence-electron chi connectivity index (χ1n) is 6.35. The molecule has 0 aromatic rings. The maximum Gasteiger partial charge on any atom is 0.0255 e. The molecule has 3 fully saturated rings. The first kappa shape index (κ1) is 9.17. The Morgan fingerprint density at radius 2 is 1.57 bits per heavy atom. The summed E-state index contributed by atoms with van der Waals surface area (Å²) in [6.45, 7) is 0. The van der Waals surface area contributed by atoms with Crippen LogP contribution in [-0.2, 0) is 0 Å². The second-order valence-electron chi connectivity index (χ2n) is 5.30. The predicted molar refractivity (Wildman–Crippen MR) is 58.4 cm³/mol. The minimum Gasteiger partial charge on any atom is -0.315 e. The Labute approximate surface area is 87.0 Å². The molecule has 0 amide bonds. The van der Waals surface area contributed by atoms with Crippen LogP contribution in [0.2, 0.25) is 0 Å². The summed E-state index contributed by atoms with van der Waals surface area (Å²) < 4.78 is 0. The lowest BCUT2D eigenvalue weighted by atomic mass is 10.0. The van der Waals surface area contributed by atoms with Gasteiger partial charge in [0.2, 0.25) is 0 Å². The molecule has 1 saturated carbocycles. The number of rotatable bonds is 2. The summed E-state index contributed by atoms with van der Waals surface area (Å²) in [5, 5.41) is 3.52. The average molecular weight is 194 g/mol. The molecule has 0 aromatic carbocycles. The molecule has 0 aromatic heterocycles. The van der Waals surface area contributed by atoms with Crippen LogP contribution in [0.4, 0.5) is 0 Å². The predicted octanol–water partition coefficient (Wildman–Crippen LogP) is 1.75. The van der Waals surface area contributed by atoms with Crippen LogP contribution in [0.1, 0.15) is 44.9 Å². The van der Waals surface area contributed by atoms with Crippen molar-refractivity contribution in [1.29, 1.82) is 0 Å². The van der Waals surface area contributed by atoms with Crippen molar-refractivity contribution in [3.8, 4) is 0 Å². The van der Waals surface area contributed by atoms with Crippen LogP contribution in [0, 0.1) is 0 Å². The molecule has 2 unspecified atom stereocenters. The molecule has 1 N–H and O–H groups in total. The smallest absolute Gasteiger partial charge is 0.0255 e. The van der Waals surface area contributed by atoms with Gasteiger partial charge in [0.25, 0.3) is 0 Å². The number of hydrogen-bond donors (Lipinski definition) is 1. The van der Waals surface area contributed by atoms with Gasteiger partial charge < -0.3 is 5.32 Å². The van der Waals surface area contributed by atoms with E-state index < -0.39 is 0 Å². The second kappa shape index (κ2) is 3.49. The van der Waals surface area contributed by atoms with E-state index in [4.69, 9.17) is 0 Å². The van der Waals surface area contributed by atoms with Crippen LogP contribution < -0.4 is 5.32 Å². The van der Waals surface area contributed by atoms with Gasteiger partial charge in [-0.1, -0.05) is 6.42 Å². The van der Waals surface area contributed by atoms with Crippen LogP contribution in [0.5, 0.6) is 0 Å². The molecule has 2 bridgehead atoms. The molecule has 2 saturated heterocycles. The van der Waals surface area contributed by atoms with Gasteiger partial charge in [0, 0.05) is 24.2 Å². The normalized spacial score (nSPS) is 47.8. The van der Waals surface area contributed by atoms with Crippen LogP contribution in [0.25, 0.3) is 0 Å². The van der Waals surface area contributed by atoms with Crippen molar-refractivity contribution in [2.24, 2.45) is 0 Å². The average Bonchev–Trinajstić information content (AvgIpc) is 2.90. The maximum atomic E-state index is 3.52. The molecule has 80 valence electrons. The molecule has 2 atom stereocenters. The number of likely N-dealkylation sites (N-methyl/N-ethyl adjacent to an activating group) is 1. The van der Waals surface area contributed by atoms with Crippen molar-refractivity contribution in [3.05, 3.63) is 0 Å². The van der Waals surface area contributed by atoms with Gasteiger partial charge in [0.1, 0.15) is 0 Å². The van der Waals surface area contributed by atoms with Crippen LogP contribution in [-0.4, -0.2) is 36.1 Å². The van der Waals surface area contributed by atoms with E-state index in [1.165, 1.54) is 44.9 Å². The summed E-state index contributed by atoms with van der Waals surface area (Å²) in [5.41, 5.74) is 0. The topological polar surface area (TPSA) is 15.3 Å². The summed E-state index contributed by atoms with van der Waals surface area (Å²) >= 11 is 0. The highest BCUT2D eigenvalue weighted by molar-refractivity contribution is 5.02. The molecule has 2 nitrogen and oxygen atoms in total. The zero-order valence-corrected chi connectivity index (χ0v) is 9.21. The van der Waals surface area contributed by atoms with E-state index in [-0.39, 0.29) is 0 Å². The lowest BCUT2D eigenvalue weighted by molar-refractivity contribution is 0.156. The van der Waals surface area contributed by atoms with E-state index in [2.05, 4.69) is 17.3 Å². The van der Waals surface area contributed by atoms with Crippen molar-refractivity contribution in [1.82, 2.24) is 10.2 Å². The Kier molecular flexibility index (Phi) is 2.29. The molecule has 0 radical (unpaired) electrons. The fourth-order valence-electron chi connectivity index (χ4n) is 4.13. The van der Waals surface area contributed by atoms with Gasteiger partial charge in [-0.2, -0.15) is 0 Å². The van der Waals surface area contributed by atoms with Crippen molar-refractivity contribution >= 4 is 0 Å². The largest absolute Gasteiger partial charge is 0.315 e. The van der Waals surface area contributed by atoms with E-state index >= 15 is 0 Å². The highest BCUT2D eigenvalue weighted by Gasteiger charge is 2.45. The summed E-state index contributed by atoms with van der Waals surface area (Å²) in [6, 6.07) is 3.58. The Bertz CT molecular complexity index is 196.